The van der Waals surface area contributed by atoms with Gasteiger partial charge in [0.1, 0.15) is 5.82 Å². The van der Waals surface area contributed by atoms with Crippen molar-refractivity contribution in [2.75, 3.05) is 44.4 Å². The third-order valence-electron chi connectivity index (χ3n) is 5.82. The topological polar surface area (TPSA) is 54.0 Å². The number of amides is 1. The standard InChI is InChI=1S/C24H30FN3O3/c1-17(2)13-24(29)26-15-21(18-7-8-22-23(14-18)31-16-30-22)28-11-9-27(10-12-28)20-6-4-3-5-19(20)25/h3-8,14,17,21H,9-13,15-16H2,1-2H3,(H,26,29)/t21-/m1/s1. The maximum absolute atomic E-state index is 14.2. The van der Waals surface area contributed by atoms with E-state index in [9.17, 15) is 9.18 Å². The molecular weight excluding hydrogens is 397 g/mol. The normalized spacial score (nSPS) is 17.1. The number of carbonyl (C=O) groups is 1. The molecule has 2 aliphatic heterocycles. The van der Waals surface area contributed by atoms with E-state index in [-0.39, 0.29) is 24.6 Å². The Balaban J connectivity index is 1.48. The van der Waals surface area contributed by atoms with Crippen LogP contribution in [0, 0.1) is 11.7 Å². The molecule has 4 rings (SSSR count). The van der Waals surface area contributed by atoms with Crippen LogP contribution in [0.5, 0.6) is 11.5 Å². The lowest BCUT2D eigenvalue weighted by atomic mass is 10.0. The first kappa shape index (κ1) is 21.4. The van der Waals surface area contributed by atoms with E-state index in [0.29, 0.717) is 24.6 Å². The van der Waals surface area contributed by atoms with Crippen molar-refractivity contribution in [2.24, 2.45) is 5.92 Å². The molecule has 2 aromatic carbocycles. The summed E-state index contributed by atoms with van der Waals surface area (Å²) in [5.74, 6) is 1.67. The second-order valence-corrected chi connectivity index (χ2v) is 8.50. The summed E-state index contributed by atoms with van der Waals surface area (Å²) < 4.78 is 25.2. The largest absolute Gasteiger partial charge is 0.454 e. The smallest absolute Gasteiger partial charge is 0.231 e. The number of hydrogen-bond acceptors (Lipinski definition) is 5. The van der Waals surface area contributed by atoms with E-state index >= 15 is 0 Å². The quantitative estimate of drug-likeness (QED) is 0.732. The number of benzene rings is 2. The van der Waals surface area contributed by atoms with Crippen molar-refractivity contribution < 1.29 is 18.7 Å². The summed E-state index contributed by atoms with van der Waals surface area (Å²) in [6.45, 7) is 7.82. The first-order valence-electron chi connectivity index (χ1n) is 10.9. The molecule has 1 amide bonds. The molecule has 1 N–H and O–H groups in total. The van der Waals surface area contributed by atoms with Crippen molar-refractivity contribution in [3.63, 3.8) is 0 Å². The Bertz CT molecular complexity index is 913. The number of carbonyl (C=O) groups excluding carboxylic acids is 1. The maximum Gasteiger partial charge on any atom is 0.231 e. The third-order valence-corrected chi connectivity index (χ3v) is 5.82. The number of piperazine rings is 1. The average Bonchev–Trinajstić information content (AvgIpc) is 3.22. The predicted octanol–water partition coefficient (Wildman–Crippen LogP) is 3.58. The van der Waals surface area contributed by atoms with Crippen molar-refractivity contribution in [1.82, 2.24) is 10.2 Å². The van der Waals surface area contributed by atoms with Gasteiger partial charge in [0.15, 0.2) is 11.5 Å². The molecule has 2 aliphatic rings. The zero-order valence-electron chi connectivity index (χ0n) is 18.1. The van der Waals surface area contributed by atoms with Gasteiger partial charge in [0.05, 0.1) is 11.7 Å². The van der Waals surface area contributed by atoms with Crippen LogP contribution in [0.3, 0.4) is 0 Å². The van der Waals surface area contributed by atoms with Crippen molar-refractivity contribution in [3.05, 3.63) is 53.8 Å². The number of fused-ring (bicyclic) bond motifs is 1. The van der Waals surface area contributed by atoms with Gasteiger partial charge in [-0.15, -0.1) is 0 Å². The Hall–Kier alpha value is -2.80. The van der Waals surface area contributed by atoms with Crippen molar-refractivity contribution >= 4 is 11.6 Å². The number of nitrogens with one attached hydrogen (secondary N) is 1. The summed E-state index contributed by atoms with van der Waals surface area (Å²) in [7, 11) is 0. The zero-order chi connectivity index (χ0) is 21.8. The van der Waals surface area contributed by atoms with Crippen LogP contribution in [-0.4, -0.2) is 50.3 Å². The summed E-state index contributed by atoms with van der Waals surface area (Å²) >= 11 is 0. The molecular formula is C24H30FN3O3. The van der Waals surface area contributed by atoms with Crippen LogP contribution in [-0.2, 0) is 4.79 Å². The fraction of sp³-hybridized carbons (Fsp3) is 0.458. The van der Waals surface area contributed by atoms with Gasteiger partial charge in [0.2, 0.25) is 12.7 Å². The number of halogens is 1. The average molecular weight is 428 g/mol. The molecule has 6 nitrogen and oxygen atoms in total. The number of anilines is 1. The number of ether oxygens (including phenoxy) is 2. The molecule has 1 atom stereocenters. The minimum atomic E-state index is -0.191. The van der Waals surface area contributed by atoms with Crippen LogP contribution < -0.4 is 19.7 Å². The number of hydrogen-bond donors (Lipinski definition) is 1. The monoisotopic (exact) mass is 427 g/mol. The van der Waals surface area contributed by atoms with Gasteiger partial charge in [-0.05, 0) is 35.7 Å². The number of para-hydroxylation sites is 1. The molecule has 0 spiro atoms. The minimum absolute atomic E-state index is 0.00776. The van der Waals surface area contributed by atoms with Crippen molar-refractivity contribution in [3.8, 4) is 11.5 Å². The Morgan fingerprint density at radius 1 is 1.06 bits per heavy atom. The van der Waals surface area contributed by atoms with Crippen LogP contribution >= 0.6 is 0 Å². The fourth-order valence-electron chi connectivity index (χ4n) is 4.21. The summed E-state index contributed by atoms with van der Waals surface area (Å²) in [5.41, 5.74) is 1.72. The lowest BCUT2D eigenvalue weighted by Crippen LogP contribution is -2.50. The van der Waals surface area contributed by atoms with Gasteiger partial charge >= 0.3 is 0 Å². The van der Waals surface area contributed by atoms with E-state index in [4.69, 9.17) is 9.47 Å². The maximum atomic E-state index is 14.2. The van der Waals surface area contributed by atoms with Gasteiger partial charge in [-0.1, -0.05) is 32.0 Å². The molecule has 2 aromatic rings. The first-order valence-corrected chi connectivity index (χ1v) is 10.9. The number of rotatable bonds is 7. The van der Waals surface area contributed by atoms with E-state index in [0.717, 1.165) is 43.2 Å². The zero-order valence-corrected chi connectivity index (χ0v) is 18.1. The molecule has 1 fully saturated rings. The SMILES string of the molecule is CC(C)CC(=O)NC[C@H](c1ccc2c(c1)OCO2)N1CCN(c2ccccc2F)CC1. The van der Waals surface area contributed by atoms with E-state index in [1.54, 1.807) is 6.07 Å². The molecule has 1 saturated heterocycles. The van der Waals surface area contributed by atoms with Gasteiger partial charge in [0, 0.05) is 39.1 Å². The molecule has 31 heavy (non-hydrogen) atoms. The lowest BCUT2D eigenvalue weighted by molar-refractivity contribution is -0.122. The highest BCUT2D eigenvalue weighted by Gasteiger charge is 2.28. The van der Waals surface area contributed by atoms with E-state index in [2.05, 4.69) is 15.1 Å². The number of nitrogens with zero attached hydrogens (tertiary/aromatic N) is 2. The highest BCUT2D eigenvalue weighted by atomic mass is 19.1. The summed E-state index contributed by atoms with van der Waals surface area (Å²) in [4.78, 5) is 16.7. The van der Waals surface area contributed by atoms with Crippen LogP contribution in [0.1, 0.15) is 31.9 Å². The second kappa shape index (κ2) is 9.56. The Kier molecular flexibility index (Phi) is 6.61. The molecule has 0 saturated carbocycles. The van der Waals surface area contributed by atoms with E-state index < -0.39 is 0 Å². The van der Waals surface area contributed by atoms with Gasteiger partial charge in [0.25, 0.3) is 0 Å². The van der Waals surface area contributed by atoms with Crippen LogP contribution in [0.25, 0.3) is 0 Å². The highest BCUT2D eigenvalue weighted by molar-refractivity contribution is 5.76. The molecule has 7 heteroatoms. The summed E-state index contributed by atoms with van der Waals surface area (Å²) in [5, 5.41) is 3.10. The van der Waals surface area contributed by atoms with Gasteiger partial charge < -0.3 is 19.7 Å². The minimum Gasteiger partial charge on any atom is -0.454 e. The molecule has 0 radical (unpaired) electrons. The molecule has 0 aromatic heterocycles. The highest BCUT2D eigenvalue weighted by Crippen LogP contribution is 2.36. The Morgan fingerprint density at radius 2 is 1.81 bits per heavy atom. The van der Waals surface area contributed by atoms with Crippen molar-refractivity contribution in [1.29, 1.82) is 0 Å². The molecule has 0 bridgehead atoms. The third kappa shape index (κ3) is 5.10. The first-order chi connectivity index (χ1) is 15.0. The van der Waals surface area contributed by atoms with Crippen molar-refractivity contribution in [2.45, 2.75) is 26.3 Å². The van der Waals surface area contributed by atoms with E-state index in [1.807, 2.05) is 44.2 Å². The second-order valence-electron chi connectivity index (χ2n) is 8.50. The lowest BCUT2D eigenvalue weighted by Gasteiger charge is -2.40. The van der Waals surface area contributed by atoms with Crippen LogP contribution in [0.15, 0.2) is 42.5 Å². The Morgan fingerprint density at radius 3 is 2.55 bits per heavy atom. The molecule has 0 aliphatic carbocycles. The van der Waals surface area contributed by atoms with Gasteiger partial charge in [-0.25, -0.2) is 4.39 Å². The fourth-order valence-corrected chi connectivity index (χ4v) is 4.21. The summed E-state index contributed by atoms with van der Waals surface area (Å²) in [6.07, 6.45) is 0.509. The van der Waals surface area contributed by atoms with Crippen LogP contribution in [0.4, 0.5) is 10.1 Å². The van der Waals surface area contributed by atoms with Gasteiger partial charge in [-0.2, -0.15) is 0 Å². The van der Waals surface area contributed by atoms with Crippen LogP contribution in [0.2, 0.25) is 0 Å². The Labute approximate surface area is 182 Å². The van der Waals surface area contributed by atoms with E-state index in [1.165, 1.54) is 6.07 Å². The molecule has 166 valence electrons. The summed E-state index contributed by atoms with van der Waals surface area (Å²) in [6, 6.07) is 12.9. The van der Waals surface area contributed by atoms with Gasteiger partial charge in [-0.3, -0.25) is 9.69 Å². The molecule has 0 unspecified atom stereocenters. The molecule has 2 heterocycles. The predicted molar refractivity (Wildman–Crippen MR) is 118 cm³/mol.